The van der Waals surface area contributed by atoms with Crippen molar-refractivity contribution in [2.24, 2.45) is 0 Å². The van der Waals surface area contributed by atoms with Gasteiger partial charge >= 0.3 is 0 Å². The summed E-state index contributed by atoms with van der Waals surface area (Å²) in [7, 11) is 8.10. The van der Waals surface area contributed by atoms with Gasteiger partial charge in [0.25, 0.3) is 23.6 Å². The predicted octanol–water partition coefficient (Wildman–Crippen LogP) is 2.69. The summed E-state index contributed by atoms with van der Waals surface area (Å²) in [5.74, 6) is -7.80. The van der Waals surface area contributed by atoms with Gasteiger partial charge in [-0.3, -0.25) is 28.8 Å². The summed E-state index contributed by atoms with van der Waals surface area (Å²) >= 11 is 0. The number of imide groups is 2. The quantitative estimate of drug-likeness (QED) is 0.182. The molecule has 0 fully saturated rings. The minimum Gasteiger partial charge on any atom is -0.493 e. The van der Waals surface area contributed by atoms with Gasteiger partial charge in [0.05, 0.1) is 64.9 Å². The number of ether oxygens (including phenoxy) is 6. The van der Waals surface area contributed by atoms with E-state index in [1.165, 1.54) is 79.1 Å². The Hall–Kier alpha value is -6.91. The highest BCUT2D eigenvalue weighted by atomic mass is 16.5. The summed E-state index contributed by atoms with van der Waals surface area (Å²) in [5.41, 5.74) is -0.459. The number of methoxy groups -OCH3 is 6. The molecule has 17 heteroatoms. The number of hydrogen-bond acceptors (Lipinski definition) is 15. The molecule has 17 nitrogen and oxygen atoms in total. The molecule has 2 aliphatic heterocycles. The van der Waals surface area contributed by atoms with E-state index in [0.29, 0.717) is 9.80 Å². The number of ketones is 2. The van der Waals surface area contributed by atoms with Crippen molar-refractivity contribution in [3.05, 3.63) is 75.6 Å². The monoisotopic (exact) mass is 695 g/mol. The number of aromatic nitrogens is 3. The summed E-state index contributed by atoms with van der Waals surface area (Å²) in [6.07, 6.45) is 0. The molecule has 0 atom stereocenters. The number of carbonyl (C=O) groups excluding carboxylic acids is 6. The zero-order valence-electron chi connectivity index (χ0n) is 27.7. The molecule has 0 unspecified atom stereocenters. The van der Waals surface area contributed by atoms with Crippen LogP contribution in [0.15, 0.2) is 36.4 Å². The van der Waals surface area contributed by atoms with Gasteiger partial charge in [0.15, 0.2) is 51.9 Å². The Bertz CT molecular complexity index is 1890. The van der Waals surface area contributed by atoms with Crippen LogP contribution < -0.4 is 38.2 Å². The van der Waals surface area contributed by atoms with Gasteiger partial charge in [0.2, 0.25) is 11.9 Å². The van der Waals surface area contributed by atoms with Crippen molar-refractivity contribution in [2.75, 3.05) is 52.5 Å². The lowest BCUT2D eigenvalue weighted by Crippen LogP contribution is -2.36. The second-order valence-corrected chi connectivity index (χ2v) is 11.1. The summed E-state index contributed by atoms with van der Waals surface area (Å²) in [6.45, 7) is 0. The maximum atomic E-state index is 13.9. The minimum atomic E-state index is -1.73. The molecule has 3 aliphatic rings. The molecule has 51 heavy (non-hydrogen) atoms. The van der Waals surface area contributed by atoms with E-state index in [9.17, 15) is 28.8 Å². The Morgan fingerprint density at radius 1 is 0.412 bits per heavy atom. The van der Waals surface area contributed by atoms with E-state index in [1.54, 1.807) is 0 Å². The van der Waals surface area contributed by atoms with Crippen molar-refractivity contribution in [3.8, 4) is 34.5 Å². The molecular formula is C34H25N5O12. The van der Waals surface area contributed by atoms with E-state index >= 15 is 0 Å². The fourth-order valence-corrected chi connectivity index (χ4v) is 6.15. The van der Waals surface area contributed by atoms with Crippen molar-refractivity contribution >= 4 is 47.1 Å². The van der Waals surface area contributed by atoms with Crippen LogP contribution in [0.3, 0.4) is 0 Å². The largest absolute Gasteiger partial charge is 0.493 e. The maximum absolute atomic E-state index is 13.9. The van der Waals surface area contributed by atoms with Crippen LogP contribution in [0.25, 0.3) is 0 Å². The summed E-state index contributed by atoms with van der Waals surface area (Å²) < 4.78 is 31.8. The molecule has 0 bridgehead atoms. The Balaban J connectivity index is 1.40. The fourth-order valence-electron chi connectivity index (χ4n) is 6.15. The number of hydrogen-bond donors (Lipinski definition) is 0. The number of benzene rings is 3. The summed E-state index contributed by atoms with van der Waals surface area (Å²) in [4.78, 5) is 96.9. The van der Waals surface area contributed by atoms with Crippen molar-refractivity contribution in [1.82, 2.24) is 15.0 Å². The third kappa shape index (κ3) is 4.65. The van der Waals surface area contributed by atoms with Crippen LogP contribution in [0.2, 0.25) is 0 Å². The number of fused-ring (bicyclic) bond motifs is 3. The molecule has 1 aliphatic carbocycles. The number of amides is 4. The van der Waals surface area contributed by atoms with Crippen molar-refractivity contribution < 1.29 is 57.2 Å². The highest BCUT2D eigenvalue weighted by molar-refractivity contribution is 6.36. The highest BCUT2D eigenvalue weighted by Gasteiger charge is 2.47. The zero-order chi connectivity index (χ0) is 36.5. The summed E-state index contributed by atoms with van der Waals surface area (Å²) in [5, 5.41) is 0. The molecule has 4 amide bonds. The number of rotatable bonds is 9. The van der Waals surface area contributed by atoms with Gasteiger partial charge in [-0.05, 0) is 36.4 Å². The van der Waals surface area contributed by atoms with Crippen molar-refractivity contribution in [3.63, 3.8) is 0 Å². The van der Waals surface area contributed by atoms with E-state index in [2.05, 4.69) is 15.0 Å². The Labute approximate surface area is 287 Å². The molecule has 3 heterocycles. The van der Waals surface area contributed by atoms with Gasteiger partial charge in [0.1, 0.15) is 5.92 Å². The average molecular weight is 696 g/mol. The van der Waals surface area contributed by atoms with Gasteiger partial charge < -0.3 is 28.4 Å². The third-order valence-electron chi connectivity index (χ3n) is 8.65. The smallest absolute Gasteiger partial charge is 0.268 e. The lowest BCUT2D eigenvalue weighted by Gasteiger charge is -2.18. The van der Waals surface area contributed by atoms with Crippen LogP contribution in [-0.4, -0.2) is 92.8 Å². The normalized spacial score (nSPS) is 14.9. The third-order valence-corrected chi connectivity index (χ3v) is 8.65. The second-order valence-electron chi connectivity index (χ2n) is 11.1. The number of Topliss-reactive ketones (excluding diaryl/α,β-unsaturated/α-hetero) is 2. The highest BCUT2D eigenvalue weighted by Crippen LogP contribution is 2.42. The zero-order valence-corrected chi connectivity index (χ0v) is 27.7. The molecule has 0 N–H and O–H groups in total. The number of nitrogens with zero attached hydrogens (tertiary/aromatic N) is 5. The lowest BCUT2D eigenvalue weighted by atomic mass is 10.0. The molecule has 258 valence electrons. The topological polar surface area (TPSA) is 203 Å². The molecule has 0 saturated carbocycles. The summed E-state index contributed by atoms with van der Waals surface area (Å²) in [6, 6.07) is 7.84. The molecule has 0 saturated heterocycles. The van der Waals surface area contributed by atoms with Crippen LogP contribution in [0, 0.1) is 0 Å². The van der Waals surface area contributed by atoms with Gasteiger partial charge in [-0.1, -0.05) is 0 Å². The maximum Gasteiger partial charge on any atom is 0.268 e. The van der Waals surface area contributed by atoms with Gasteiger partial charge in [0, 0.05) is 11.1 Å². The van der Waals surface area contributed by atoms with E-state index in [4.69, 9.17) is 28.4 Å². The molecular weight excluding hydrogens is 670 g/mol. The van der Waals surface area contributed by atoms with E-state index in [-0.39, 0.29) is 67.9 Å². The fraction of sp³-hybridized carbons (Fsp3) is 0.206. The van der Waals surface area contributed by atoms with Crippen LogP contribution in [0.5, 0.6) is 34.5 Å². The number of anilines is 2. The standard InChI is InChI=1S/C34H25N5O12/c1-46-19-7-13-14(8-20(19)47-2)27(41)25(26(13)40)28-35-33(38-29(42)15-9-21(48-3)22(49-4)10-16(15)30(38)43)37-34(36-28)39-31(44)17-11-23(50-5)24(51-6)12-18(17)32(39)45/h7-12,25H,1-6H3. The minimum absolute atomic E-state index is 0.0361. The van der Waals surface area contributed by atoms with Crippen LogP contribution >= 0.6 is 0 Å². The Morgan fingerprint density at radius 3 is 0.922 bits per heavy atom. The van der Waals surface area contributed by atoms with E-state index < -0.39 is 58.8 Å². The average Bonchev–Trinajstić information content (AvgIpc) is 3.65. The van der Waals surface area contributed by atoms with Gasteiger partial charge in [-0.15, -0.1) is 0 Å². The molecule has 4 aromatic rings. The van der Waals surface area contributed by atoms with Gasteiger partial charge in [-0.25, -0.2) is 9.80 Å². The van der Waals surface area contributed by atoms with Crippen molar-refractivity contribution in [1.29, 1.82) is 0 Å². The van der Waals surface area contributed by atoms with E-state index in [0.717, 1.165) is 0 Å². The molecule has 0 radical (unpaired) electrons. The number of carbonyl (C=O) groups is 6. The first-order valence-electron chi connectivity index (χ1n) is 14.9. The molecule has 1 aromatic heterocycles. The van der Waals surface area contributed by atoms with Crippen LogP contribution in [0.4, 0.5) is 11.9 Å². The SMILES string of the molecule is COc1cc2c(cc1OC)C(=O)C(c1nc(N3C(=O)c4cc(OC)c(OC)cc4C3=O)nc(N3C(=O)c4cc(OC)c(OC)cc4C3=O)n1)C2=O. The Morgan fingerprint density at radius 2 is 0.667 bits per heavy atom. The molecule has 7 rings (SSSR count). The lowest BCUT2D eigenvalue weighted by molar-refractivity contribution is 0.0881. The first-order chi connectivity index (χ1) is 24.5. The second kappa shape index (κ2) is 11.9. The molecule has 3 aromatic carbocycles. The molecule has 0 spiro atoms. The predicted molar refractivity (Wildman–Crippen MR) is 172 cm³/mol. The van der Waals surface area contributed by atoms with Crippen LogP contribution in [0.1, 0.15) is 73.9 Å². The van der Waals surface area contributed by atoms with Crippen molar-refractivity contribution in [2.45, 2.75) is 5.92 Å². The first-order valence-corrected chi connectivity index (χ1v) is 14.9. The van der Waals surface area contributed by atoms with Gasteiger partial charge in [-0.2, -0.15) is 15.0 Å². The van der Waals surface area contributed by atoms with Crippen LogP contribution in [-0.2, 0) is 0 Å². The Kier molecular flexibility index (Phi) is 7.61. The first kappa shape index (κ1) is 32.6. The van der Waals surface area contributed by atoms with E-state index in [1.807, 2.05) is 0 Å².